The molecule has 9 heavy (non-hydrogen) atoms. The van der Waals surface area contributed by atoms with E-state index in [0.29, 0.717) is 6.54 Å². The molecule has 1 aromatic rings. The van der Waals surface area contributed by atoms with Crippen LogP contribution in [0.15, 0.2) is 10.7 Å². The molecular weight excluding hydrogens is 182 g/mol. The molecular formula is C5H8BrN3. The molecule has 0 amide bonds. The number of aromatic nitrogens is 2. The molecule has 0 aliphatic rings. The molecule has 3 nitrogen and oxygen atoms in total. The van der Waals surface area contributed by atoms with E-state index in [1.54, 1.807) is 4.68 Å². The number of nitrogens with two attached hydrogens (primary N) is 1. The van der Waals surface area contributed by atoms with Crippen molar-refractivity contribution in [1.29, 1.82) is 0 Å². The van der Waals surface area contributed by atoms with Gasteiger partial charge in [-0.1, -0.05) is 0 Å². The van der Waals surface area contributed by atoms with Gasteiger partial charge >= 0.3 is 0 Å². The molecule has 0 aliphatic heterocycles. The van der Waals surface area contributed by atoms with Crippen molar-refractivity contribution in [2.75, 3.05) is 0 Å². The predicted molar refractivity (Wildman–Crippen MR) is 38.8 cm³/mol. The van der Waals surface area contributed by atoms with Crippen LogP contribution >= 0.6 is 15.9 Å². The van der Waals surface area contributed by atoms with Crippen molar-refractivity contribution < 1.29 is 0 Å². The maximum absolute atomic E-state index is 5.36. The first-order valence-corrected chi connectivity index (χ1v) is 3.41. The molecule has 0 saturated heterocycles. The molecule has 0 fully saturated rings. The van der Waals surface area contributed by atoms with Gasteiger partial charge < -0.3 is 5.73 Å². The van der Waals surface area contributed by atoms with E-state index in [-0.39, 0.29) is 0 Å². The fourth-order valence-corrected chi connectivity index (χ4v) is 1.18. The van der Waals surface area contributed by atoms with Crippen LogP contribution in [0.1, 0.15) is 5.69 Å². The molecule has 2 N–H and O–H groups in total. The van der Waals surface area contributed by atoms with Crippen LogP contribution in [0.5, 0.6) is 0 Å². The summed E-state index contributed by atoms with van der Waals surface area (Å²) in [6, 6.07) is 0. The van der Waals surface area contributed by atoms with Gasteiger partial charge in [-0.15, -0.1) is 0 Å². The Morgan fingerprint density at radius 1 is 1.89 bits per heavy atom. The number of hydrogen-bond acceptors (Lipinski definition) is 2. The van der Waals surface area contributed by atoms with Crippen molar-refractivity contribution >= 4 is 15.9 Å². The zero-order valence-electron chi connectivity index (χ0n) is 5.13. The highest BCUT2D eigenvalue weighted by atomic mass is 79.9. The molecule has 50 valence electrons. The number of aryl methyl sites for hydroxylation is 1. The molecule has 0 spiro atoms. The molecule has 0 saturated carbocycles. The monoisotopic (exact) mass is 189 g/mol. The first-order valence-electron chi connectivity index (χ1n) is 2.62. The number of hydrogen-bond donors (Lipinski definition) is 1. The van der Waals surface area contributed by atoms with E-state index in [4.69, 9.17) is 5.73 Å². The van der Waals surface area contributed by atoms with Crippen molar-refractivity contribution in [2.24, 2.45) is 12.8 Å². The van der Waals surface area contributed by atoms with Gasteiger partial charge in [0.05, 0.1) is 10.2 Å². The Kier molecular flexibility index (Phi) is 1.87. The topological polar surface area (TPSA) is 43.8 Å². The summed E-state index contributed by atoms with van der Waals surface area (Å²) in [6.45, 7) is 0.488. The Morgan fingerprint density at radius 2 is 2.56 bits per heavy atom. The second kappa shape index (κ2) is 2.49. The average molecular weight is 190 g/mol. The smallest absolute Gasteiger partial charge is 0.0902 e. The lowest BCUT2D eigenvalue weighted by atomic mass is 10.4. The Bertz CT molecular complexity index is 206. The second-order valence-electron chi connectivity index (χ2n) is 1.80. The van der Waals surface area contributed by atoms with E-state index >= 15 is 0 Å². The van der Waals surface area contributed by atoms with E-state index in [2.05, 4.69) is 21.0 Å². The number of rotatable bonds is 1. The summed E-state index contributed by atoms with van der Waals surface area (Å²) in [6.07, 6.45) is 1.88. The highest BCUT2D eigenvalue weighted by molar-refractivity contribution is 9.10. The zero-order valence-corrected chi connectivity index (χ0v) is 6.72. The van der Waals surface area contributed by atoms with Gasteiger partial charge in [0.25, 0.3) is 0 Å². The summed E-state index contributed by atoms with van der Waals surface area (Å²) in [4.78, 5) is 0. The zero-order chi connectivity index (χ0) is 6.85. The fraction of sp³-hybridized carbons (Fsp3) is 0.400. The molecule has 0 aliphatic carbocycles. The number of nitrogens with zero attached hydrogens (tertiary/aromatic N) is 2. The lowest BCUT2D eigenvalue weighted by molar-refractivity contribution is 0.742. The van der Waals surface area contributed by atoms with Crippen molar-refractivity contribution in [3.05, 3.63) is 16.4 Å². The highest BCUT2D eigenvalue weighted by Crippen LogP contribution is 2.12. The minimum Gasteiger partial charge on any atom is -0.325 e. The van der Waals surface area contributed by atoms with E-state index in [9.17, 15) is 0 Å². The average Bonchev–Trinajstić information content (AvgIpc) is 2.10. The van der Waals surface area contributed by atoms with E-state index in [1.807, 2.05) is 13.2 Å². The molecule has 4 heteroatoms. The molecule has 1 aromatic heterocycles. The molecule has 1 heterocycles. The fourth-order valence-electron chi connectivity index (χ4n) is 0.644. The van der Waals surface area contributed by atoms with Crippen LogP contribution in [0, 0.1) is 0 Å². The Morgan fingerprint density at radius 3 is 2.78 bits per heavy atom. The number of halogens is 1. The van der Waals surface area contributed by atoms with Gasteiger partial charge in [0, 0.05) is 19.8 Å². The third-order valence-electron chi connectivity index (χ3n) is 1.05. The van der Waals surface area contributed by atoms with E-state index in [0.717, 1.165) is 10.2 Å². The Labute approximate surface area is 62.0 Å². The first-order chi connectivity index (χ1) is 4.24. The van der Waals surface area contributed by atoms with Crippen molar-refractivity contribution in [3.63, 3.8) is 0 Å². The lowest BCUT2D eigenvalue weighted by Crippen LogP contribution is -1.98. The Hall–Kier alpha value is -0.350. The second-order valence-corrected chi connectivity index (χ2v) is 2.66. The van der Waals surface area contributed by atoms with Gasteiger partial charge in [-0.3, -0.25) is 4.68 Å². The summed E-state index contributed by atoms with van der Waals surface area (Å²) in [7, 11) is 1.86. The normalized spacial score (nSPS) is 10.1. The van der Waals surface area contributed by atoms with Gasteiger partial charge in [-0.25, -0.2) is 0 Å². The summed E-state index contributed by atoms with van der Waals surface area (Å²) in [5.74, 6) is 0. The third kappa shape index (κ3) is 1.31. The quantitative estimate of drug-likeness (QED) is 0.706. The largest absolute Gasteiger partial charge is 0.325 e. The van der Waals surface area contributed by atoms with Gasteiger partial charge in [0.1, 0.15) is 0 Å². The van der Waals surface area contributed by atoms with Crippen molar-refractivity contribution in [2.45, 2.75) is 6.54 Å². The lowest BCUT2D eigenvalue weighted by Gasteiger charge is -1.85. The van der Waals surface area contributed by atoms with Gasteiger partial charge in [0.15, 0.2) is 0 Å². The first kappa shape index (κ1) is 6.77. The van der Waals surface area contributed by atoms with Crippen LogP contribution in [-0.4, -0.2) is 9.78 Å². The van der Waals surface area contributed by atoms with Crippen LogP contribution in [-0.2, 0) is 13.6 Å². The third-order valence-corrected chi connectivity index (χ3v) is 1.71. The van der Waals surface area contributed by atoms with Crippen molar-refractivity contribution in [1.82, 2.24) is 9.78 Å². The Balaban J connectivity index is 3.01. The van der Waals surface area contributed by atoms with Crippen LogP contribution in [0.3, 0.4) is 0 Å². The molecule has 0 atom stereocenters. The van der Waals surface area contributed by atoms with Gasteiger partial charge in [0.2, 0.25) is 0 Å². The molecule has 0 bridgehead atoms. The van der Waals surface area contributed by atoms with Crippen LogP contribution in [0.25, 0.3) is 0 Å². The maximum atomic E-state index is 5.36. The minimum atomic E-state index is 0.488. The van der Waals surface area contributed by atoms with Crippen LogP contribution < -0.4 is 5.73 Å². The highest BCUT2D eigenvalue weighted by Gasteiger charge is 1.99. The van der Waals surface area contributed by atoms with Crippen molar-refractivity contribution in [3.8, 4) is 0 Å². The standard InChI is InChI=1S/C5H8BrN3/c1-9-3-4(6)5(2-7)8-9/h3H,2,7H2,1H3. The molecule has 0 unspecified atom stereocenters. The summed E-state index contributed by atoms with van der Waals surface area (Å²) >= 11 is 3.31. The molecule has 0 radical (unpaired) electrons. The SMILES string of the molecule is Cn1cc(Br)c(CN)n1. The van der Waals surface area contributed by atoms with Crippen LogP contribution in [0.2, 0.25) is 0 Å². The van der Waals surface area contributed by atoms with E-state index in [1.165, 1.54) is 0 Å². The summed E-state index contributed by atoms with van der Waals surface area (Å²) in [5, 5.41) is 4.07. The predicted octanol–water partition coefficient (Wildman–Crippen LogP) is 0.641. The summed E-state index contributed by atoms with van der Waals surface area (Å²) in [5.41, 5.74) is 6.26. The van der Waals surface area contributed by atoms with E-state index < -0.39 is 0 Å². The van der Waals surface area contributed by atoms with Gasteiger partial charge in [-0.05, 0) is 15.9 Å². The van der Waals surface area contributed by atoms with Gasteiger partial charge in [-0.2, -0.15) is 5.10 Å². The molecule has 1 rings (SSSR count). The minimum absolute atomic E-state index is 0.488. The maximum Gasteiger partial charge on any atom is 0.0902 e. The summed E-state index contributed by atoms with van der Waals surface area (Å²) < 4.78 is 2.71. The molecule has 0 aromatic carbocycles. The van der Waals surface area contributed by atoms with Crippen LogP contribution in [0.4, 0.5) is 0 Å².